The fraction of sp³-hybridized carbons (Fsp3) is 0.615. The summed E-state index contributed by atoms with van der Waals surface area (Å²) in [5.41, 5.74) is 7.05. The van der Waals surface area contributed by atoms with Crippen LogP contribution in [0, 0.1) is 5.92 Å². The summed E-state index contributed by atoms with van der Waals surface area (Å²) in [6.07, 6.45) is 4.08. The van der Waals surface area contributed by atoms with Gasteiger partial charge in [-0.05, 0) is 19.3 Å². The second-order valence-corrected chi connectivity index (χ2v) is 9.10. The first-order valence-electron chi connectivity index (χ1n) is 7.91. The molecule has 3 atom stereocenters. The number of rotatable bonds is 5. The molecule has 1 aliphatic carbocycles. The highest BCUT2D eigenvalue weighted by Gasteiger charge is 2.43. The second-order valence-electron chi connectivity index (χ2n) is 6.44. The highest BCUT2D eigenvalue weighted by atomic mass is 79.9. The molecule has 10 nitrogen and oxygen atoms in total. The summed E-state index contributed by atoms with van der Waals surface area (Å²) in [6, 6.07) is 0.404. The first kappa shape index (κ1) is 17.2. The molecule has 0 unspecified atom stereocenters. The van der Waals surface area contributed by atoms with Crippen LogP contribution in [0.1, 0.15) is 19.3 Å². The Morgan fingerprint density at radius 3 is 2.84 bits per heavy atom. The number of ether oxygens (including phenoxy) is 1. The van der Waals surface area contributed by atoms with E-state index in [-0.39, 0.29) is 18.3 Å². The van der Waals surface area contributed by atoms with Crippen LogP contribution in [0.2, 0.25) is 0 Å². The summed E-state index contributed by atoms with van der Waals surface area (Å²) in [5.74, 6) is -0.451. The zero-order valence-corrected chi connectivity index (χ0v) is 15.6. The topological polar surface area (TPSA) is 148 Å². The van der Waals surface area contributed by atoms with Crippen molar-refractivity contribution < 1.29 is 19.1 Å². The highest BCUT2D eigenvalue weighted by Crippen LogP contribution is 2.51. The van der Waals surface area contributed by atoms with Gasteiger partial charge >= 0.3 is 7.60 Å². The van der Waals surface area contributed by atoms with E-state index >= 15 is 0 Å². The Morgan fingerprint density at radius 2 is 2.20 bits per heavy atom. The van der Waals surface area contributed by atoms with Gasteiger partial charge in [0.2, 0.25) is 5.95 Å². The lowest BCUT2D eigenvalue weighted by Gasteiger charge is -2.13. The lowest BCUT2D eigenvalue weighted by molar-refractivity contribution is 0.116. The Balaban J connectivity index is 1.59. The molecular weight excluding hydrogens is 415 g/mol. The van der Waals surface area contributed by atoms with Crippen LogP contribution in [0.3, 0.4) is 0 Å². The Morgan fingerprint density at radius 1 is 1.44 bits per heavy atom. The molecule has 0 amide bonds. The van der Waals surface area contributed by atoms with Crippen molar-refractivity contribution in [3.05, 3.63) is 6.33 Å². The summed E-state index contributed by atoms with van der Waals surface area (Å²) >= 11 is 3.35. The van der Waals surface area contributed by atoms with Gasteiger partial charge < -0.3 is 30.1 Å². The van der Waals surface area contributed by atoms with Crippen LogP contribution in [0.4, 0.5) is 11.8 Å². The van der Waals surface area contributed by atoms with Crippen LogP contribution in [-0.2, 0) is 15.8 Å². The zero-order chi connectivity index (χ0) is 17.8. The van der Waals surface area contributed by atoms with E-state index in [1.54, 1.807) is 6.33 Å². The number of hydrogen-bond donors (Lipinski definition) is 4. The molecule has 136 valence electrons. The maximum atomic E-state index is 11.4. The van der Waals surface area contributed by atoms with E-state index < -0.39 is 18.5 Å². The summed E-state index contributed by atoms with van der Waals surface area (Å²) < 4.78 is 18.6. The normalized spacial score (nSPS) is 27.1. The molecule has 1 aliphatic heterocycles. The highest BCUT2D eigenvalue weighted by molar-refractivity contribution is 9.09. The fourth-order valence-corrected chi connectivity index (χ4v) is 4.57. The molecule has 12 heteroatoms. The van der Waals surface area contributed by atoms with Gasteiger partial charge in [0.25, 0.3) is 0 Å². The van der Waals surface area contributed by atoms with E-state index in [9.17, 15) is 14.4 Å². The Labute approximate surface area is 151 Å². The minimum Gasteiger partial charge on any atom is -0.368 e. The third-order valence-electron chi connectivity index (χ3n) is 4.37. The molecule has 0 radical (unpaired) electrons. The predicted molar refractivity (Wildman–Crippen MR) is 94.1 cm³/mol. The molecule has 4 rings (SSSR count). The molecule has 25 heavy (non-hydrogen) atoms. The molecule has 1 saturated heterocycles. The van der Waals surface area contributed by atoms with Gasteiger partial charge in [-0.2, -0.15) is 9.97 Å². The molecule has 2 aliphatic rings. The molecule has 3 heterocycles. The molecule has 2 aromatic rings. The zero-order valence-electron chi connectivity index (χ0n) is 13.1. The van der Waals surface area contributed by atoms with E-state index in [0.717, 1.165) is 12.8 Å². The van der Waals surface area contributed by atoms with E-state index in [1.807, 2.05) is 4.57 Å². The average molecular weight is 433 g/mol. The van der Waals surface area contributed by atoms with Crippen molar-refractivity contribution in [2.24, 2.45) is 5.92 Å². The third kappa shape index (κ3) is 3.52. The number of alkyl halides is 1. The van der Waals surface area contributed by atoms with Gasteiger partial charge in [-0.25, -0.2) is 4.98 Å². The van der Waals surface area contributed by atoms with Crippen molar-refractivity contribution in [3.63, 3.8) is 0 Å². The number of imidazole rings is 1. The molecule has 2 aromatic heterocycles. The second kappa shape index (κ2) is 6.17. The van der Waals surface area contributed by atoms with Gasteiger partial charge in [-0.15, -0.1) is 0 Å². The summed E-state index contributed by atoms with van der Waals surface area (Å²) in [4.78, 5) is 31.5. The SMILES string of the molecule is Nc1nc(NC2CC2)c2ncn(C[C@H]3C[C@H](P(=O)(O)O)O[C@@H]3Br)c2n1. The number of nitrogens with two attached hydrogens (primary N) is 1. The average Bonchev–Trinajstić information content (AvgIpc) is 3.12. The summed E-state index contributed by atoms with van der Waals surface area (Å²) in [7, 11) is -4.28. The van der Waals surface area contributed by atoms with Crippen LogP contribution in [0.5, 0.6) is 0 Å². The first-order valence-corrected chi connectivity index (χ1v) is 10.5. The van der Waals surface area contributed by atoms with E-state index in [0.29, 0.717) is 29.6 Å². The van der Waals surface area contributed by atoms with Gasteiger partial charge in [0.15, 0.2) is 22.8 Å². The fourth-order valence-electron chi connectivity index (χ4n) is 2.93. The van der Waals surface area contributed by atoms with Crippen molar-refractivity contribution in [3.8, 4) is 0 Å². The monoisotopic (exact) mass is 432 g/mol. The van der Waals surface area contributed by atoms with E-state index in [2.05, 4.69) is 36.2 Å². The number of aromatic nitrogens is 4. The predicted octanol–water partition coefficient (Wildman–Crippen LogP) is 1.24. The molecule has 2 fully saturated rings. The van der Waals surface area contributed by atoms with Crippen molar-refractivity contribution in [1.82, 2.24) is 19.5 Å². The lowest BCUT2D eigenvalue weighted by atomic mass is 10.1. The molecule has 0 aromatic carbocycles. The molecule has 0 bridgehead atoms. The van der Waals surface area contributed by atoms with Gasteiger partial charge in [0, 0.05) is 18.5 Å². The minimum atomic E-state index is -4.28. The number of nitrogen functional groups attached to an aromatic ring is 1. The number of anilines is 2. The third-order valence-corrected chi connectivity index (χ3v) is 6.41. The van der Waals surface area contributed by atoms with Crippen LogP contribution in [-0.4, -0.2) is 46.2 Å². The first-order chi connectivity index (χ1) is 11.8. The van der Waals surface area contributed by atoms with Gasteiger partial charge in [-0.3, -0.25) is 4.57 Å². The van der Waals surface area contributed by atoms with Crippen LogP contribution < -0.4 is 11.1 Å². The van der Waals surface area contributed by atoms with Gasteiger partial charge in [0.05, 0.1) is 6.33 Å². The molecular formula is C13H18BrN6O4P. The van der Waals surface area contributed by atoms with E-state index in [1.165, 1.54) is 0 Å². The Kier molecular flexibility index (Phi) is 4.24. The van der Waals surface area contributed by atoms with Crippen LogP contribution >= 0.6 is 23.5 Å². The van der Waals surface area contributed by atoms with Gasteiger partial charge in [0.1, 0.15) is 5.01 Å². The number of nitrogens with zero attached hydrogens (tertiary/aromatic N) is 4. The number of fused-ring (bicyclic) bond motifs is 1. The summed E-state index contributed by atoms with van der Waals surface area (Å²) in [6.45, 7) is 0.447. The summed E-state index contributed by atoms with van der Waals surface area (Å²) in [5, 5.41) is 2.85. The maximum Gasteiger partial charge on any atom is 0.354 e. The maximum absolute atomic E-state index is 11.4. The lowest BCUT2D eigenvalue weighted by Crippen LogP contribution is -2.16. The number of hydrogen-bond acceptors (Lipinski definition) is 7. The number of nitrogens with one attached hydrogen (secondary N) is 1. The smallest absolute Gasteiger partial charge is 0.354 e. The minimum absolute atomic E-state index is 0.133. The Bertz CT molecular complexity index is 852. The largest absolute Gasteiger partial charge is 0.368 e. The molecule has 0 spiro atoms. The van der Waals surface area contributed by atoms with Crippen molar-refractivity contribution in [1.29, 1.82) is 0 Å². The molecule has 1 saturated carbocycles. The Hall–Kier alpha value is -1.26. The quantitative estimate of drug-likeness (QED) is 0.404. The van der Waals surface area contributed by atoms with E-state index in [4.69, 9.17) is 10.5 Å². The van der Waals surface area contributed by atoms with Crippen molar-refractivity contribution >= 4 is 46.5 Å². The van der Waals surface area contributed by atoms with Crippen molar-refractivity contribution in [2.45, 2.75) is 42.7 Å². The number of halogens is 1. The van der Waals surface area contributed by atoms with Crippen LogP contribution in [0.25, 0.3) is 11.2 Å². The van der Waals surface area contributed by atoms with Crippen LogP contribution in [0.15, 0.2) is 6.33 Å². The molecule has 5 N–H and O–H groups in total. The van der Waals surface area contributed by atoms with Crippen molar-refractivity contribution in [2.75, 3.05) is 11.1 Å². The standard InChI is InChI=1S/C13H18BrN6O4P/c14-10-6(3-8(24-10)25(21,22)23)4-20-5-16-9-11(17-7-1-2-7)18-13(15)19-12(9)20/h5-8,10H,1-4H2,(H2,21,22,23)(H3,15,17,18,19)/t6-,8+,10+/m1/s1. The van der Waals surface area contributed by atoms with Gasteiger partial charge in [-0.1, -0.05) is 15.9 Å².